The van der Waals surface area contributed by atoms with E-state index in [1.165, 1.54) is 11.1 Å². The van der Waals surface area contributed by atoms with Crippen LogP contribution in [0, 0.1) is 0 Å². The summed E-state index contributed by atoms with van der Waals surface area (Å²) in [6.45, 7) is 3.83. The third-order valence-corrected chi connectivity index (χ3v) is 4.06. The Morgan fingerprint density at radius 1 is 1.23 bits per heavy atom. The summed E-state index contributed by atoms with van der Waals surface area (Å²) < 4.78 is 0. The summed E-state index contributed by atoms with van der Waals surface area (Å²) in [4.78, 5) is 6.71. The topological polar surface area (TPSA) is 27.6 Å². The first kappa shape index (κ1) is 19.0. The molecule has 1 atom stereocenters. The summed E-state index contributed by atoms with van der Waals surface area (Å²) in [6.07, 6.45) is 0. The van der Waals surface area contributed by atoms with Crippen LogP contribution in [0.4, 0.5) is 0 Å². The van der Waals surface area contributed by atoms with Gasteiger partial charge in [0.05, 0.1) is 6.54 Å². The molecule has 1 aromatic carbocycles. The van der Waals surface area contributed by atoms with Crippen molar-refractivity contribution >= 4 is 41.3 Å². The highest BCUT2D eigenvalue weighted by Crippen LogP contribution is 2.17. The highest BCUT2D eigenvalue weighted by atomic mass is 127. The van der Waals surface area contributed by atoms with E-state index in [0.29, 0.717) is 12.5 Å². The van der Waals surface area contributed by atoms with Crippen LogP contribution in [0.5, 0.6) is 0 Å². The van der Waals surface area contributed by atoms with E-state index < -0.39 is 0 Å². The van der Waals surface area contributed by atoms with Crippen LogP contribution in [0.3, 0.4) is 0 Å². The van der Waals surface area contributed by atoms with Gasteiger partial charge in [0.15, 0.2) is 5.96 Å². The van der Waals surface area contributed by atoms with Crippen molar-refractivity contribution < 1.29 is 0 Å². The van der Waals surface area contributed by atoms with Crippen LogP contribution in [0.1, 0.15) is 24.0 Å². The second-order valence-electron chi connectivity index (χ2n) is 5.36. The van der Waals surface area contributed by atoms with E-state index in [2.05, 4.69) is 46.2 Å². The van der Waals surface area contributed by atoms with Crippen LogP contribution in [0.2, 0.25) is 0 Å². The van der Waals surface area contributed by atoms with E-state index in [9.17, 15) is 0 Å². The molecule has 22 heavy (non-hydrogen) atoms. The molecule has 0 fully saturated rings. The van der Waals surface area contributed by atoms with Crippen molar-refractivity contribution in [2.45, 2.75) is 19.4 Å². The first-order valence-corrected chi connectivity index (χ1v) is 8.12. The first-order valence-electron chi connectivity index (χ1n) is 7.18. The van der Waals surface area contributed by atoms with Gasteiger partial charge in [-0.25, -0.2) is 4.99 Å². The van der Waals surface area contributed by atoms with Gasteiger partial charge in [-0.3, -0.25) is 0 Å². The van der Waals surface area contributed by atoms with Crippen LogP contribution in [0.25, 0.3) is 0 Å². The SMILES string of the molecule is CC(CNC(=NCc1ccccc1)N(C)C)c1ccsc1.I. The highest BCUT2D eigenvalue weighted by Gasteiger charge is 2.08. The summed E-state index contributed by atoms with van der Waals surface area (Å²) in [5.74, 6) is 1.42. The van der Waals surface area contributed by atoms with Crippen LogP contribution in [-0.2, 0) is 6.54 Å². The molecule has 0 amide bonds. The monoisotopic (exact) mass is 429 g/mol. The number of halogens is 1. The van der Waals surface area contributed by atoms with E-state index in [-0.39, 0.29) is 24.0 Å². The first-order chi connectivity index (χ1) is 10.2. The maximum Gasteiger partial charge on any atom is 0.193 e. The number of nitrogens with one attached hydrogen (secondary N) is 1. The van der Waals surface area contributed by atoms with Gasteiger partial charge in [-0.2, -0.15) is 11.3 Å². The number of guanidine groups is 1. The molecule has 1 unspecified atom stereocenters. The second-order valence-corrected chi connectivity index (χ2v) is 6.14. The molecule has 2 aromatic rings. The zero-order chi connectivity index (χ0) is 15.1. The van der Waals surface area contributed by atoms with Crippen LogP contribution >= 0.6 is 35.3 Å². The number of hydrogen-bond acceptors (Lipinski definition) is 2. The molecule has 0 aliphatic heterocycles. The van der Waals surface area contributed by atoms with Crippen molar-refractivity contribution in [2.24, 2.45) is 4.99 Å². The predicted octanol–water partition coefficient (Wildman–Crippen LogP) is 4.18. The number of hydrogen-bond donors (Lipinski definition) is 1. The number of aliphatic imine (C=N–C) groups is 1. The molecule has 120 valence electrons. The quantitative estimate of drug-likeness (QED) is 0.439. The molecule has 0 spiro atoms. The Labute approximate surface area is 154 Å². The van der Waals surface area contributed by atoms with E-state index >= 15 is 0 Å². The molecule has 0 saturated carbocycles. The lowest BCUT2D eigenvalue weighted by molar-refractivity contribution is 0.568. The second kappa shape index (κ2) is 9.84. The summed E-state index contributed by atoms with van der Waals surface area (Å²) in [7, 11) is 4.04. The number of benzene rings is 1. The van der Waals surface area contributed by atoms with Gasteiger partial charge in [0.1, 0.15) is 0 Å². The molecular formula is C17H24IN3S. The summed E-state index contributed by atoms with van der Waals surface area (Å²) in [5.41, 5.74) is 2.61. The van der Waals surface area contributed by atoms with Crippen LogP contribution in [0.15, 0.2) is 52.2 Å². The largest absolute Gasteiger partial charge is 0.356 e. The lowest BCUT2D eigenvalue weighted by atomic mass is 10.1. The van der Waals surface area contributed by atoms with Crippen molar-refractivity contribution in [2.75, 3.05) is 20.6 Å². The molecule has 1 heterocycles. The van der Waals surface area contributed by atoms with Gasteiger partial charge < -0.3 is 10.2 Å². The van der Waals surface area contributed by atoms with Gasteiger partial charge in [0.25, 0.3) is 0 Å². The molecule has 0 aliphatic carbocycles. The molecule has 0 aliphatic rings. The normalized spacial score (nSPS) is 12.4. The zero-order valence-corrected chi connectivity index (χ0v) is 16.5. The summed E-state index contributed by atoms with van der Waals surface area (Å²) >= 11 is 1.75. The van der Waals surface area contributed by atoms with Gasteiger partial charge in [0, 0.05) is 20.6 Å². The van der Waals surface area contributed by atoms with Gasteiger partial charge in [-0.1, -0.05) is 37.3 Å². The maximum atomic E-state index is 4.68. The summed E-state index contributed by atoms with van der Waals surface area (Å²) in [5, 5.41) is 7.80. The third-order valence-electron chi connectivity index (χ3n) is 3.36. The fourth-order valence-corrected chi connectivity index (χ4v) is 2.80. The molecule has 0 saturated heterocycles. The molecule has 0 radical (unpaired) electrons. The van der Waals surface area contributed by atoms with Crippen molar-refractivity contribution in [3.05, 3.63) is 58.3 Å². The Kier molecular flexibility index (Phi) is 8.48. The minimum Gasteiger partial charge on any atom is -0.356 e. The third kappa shape index (κ3) is 5.96. The van der Waals surface area contributed by atoms with Crippen molar-refractivity contribution in [3.8, 4) is 0 Å². The minimum absolute atomic E-state index is 0. The van der Waals surface area contributed by atoms with Gasteiger partial charge in [-0.05, 0) is 33.9 Å². The zero-order valence-electron chi connectivity index (χ0n) is 13.3. The molecule has 2 rings (SSSR count). The van der Waals surface area contributed by atoms with Crippen molar-refractivity contribution in [1.82, 2.24) is 10.2 Å². The molecular weight excluding hydrogens is 405 g/mol. The Morgan fingerprint density at radius 3 is 2.55 bits per heavy atom. The standard InChI is InChI=1S/C17H23N3S.HI/c1-14(16-9-10-21-13-16)11-18-17(20(2)3)19-12-15-7-5-4-6-8-15;/h4-10,13-14H,11-12H2,1-3H3,(H,18,19);1H. The number of rotatable bonds is 5. The van der Waals surface area contributed by atoms with E-state index in [1.807, 2.05) is 37.2 Å². The molecule has 3 nitrogen and oxygen atoms in total. The minimum atomic E-state index is 0. The molecule has 1 N–H and O–H groups in total. The van der Waals surface area contributed by atoms with Gasteiger partial charge in [-0.15, -0.1) is 24.0 Å². The van der Waals surface area contributed by atoms with E-state index in [1.54, 1.807) is 11.3 Å². The fourth-order valence-electron chi connectivity index (χ4n) is 2.02. The maximum absolute atomic E-state index is 4.68. The molecule has 1 aromatic heterocycles. The Hall–Kier alpha value is -1.08. The smallest absolute Gasteiger partial charge is 0.193 e. The lowest BCUT2D eigenvalue weighted by Crippen LogP contribution is -2.38. The van der Waals surface area contributed by atoms with Crippen molar-refractivity contribution in [3.63, 3.8) is 0 Å². The van der Waals surface area contributed by atoms with Crippen LogP contribution < -0.4 is 5.32 Å². The fraction of sp³-hybridized carbons (Fsp3) is 0.353. The van der Waals surface area contributed by atoms with E-state index in [4.69, 9.17) is 0 Å². The predicted molar refractivity (Wildman–Crippen MR) is 107 cm³/mol. The Bertz CT molecular complexity index is 553. The van der Waals surface area contributed by atoms with Gasteiger partial charge in [0.2, 0.25) is 0 Å². The highest BCUT2D eigenvalue weighted by molar-refractivity contribution is 14.0. The average molecular weight is 429 g/mol. The van der Waals surface area contributed by atoms with Crippen molar-refractivity contribution in [1.29, 1.82) is 0 Å². The summed E-state index contributed by atoms with van der Waals surface area (Å²) in [6, 6.07) is 12.5. The Morgan fingerprint density at radius 2 is 1.95 bits per heavy atom. The molecule has 0 bridgehead atoms. The number of nitrogens with zero attached hydrogens (tertiary/aromatic N) is 2. The van der Waals surface area contributed by atoms with Crippen LogP contribution in [-0.4, -0.2) is 31.5 Å². The molecule has 5 heteroatoms. The number of thiophene rings is 1. The lowest BCUT2D eigenvalue weighted by Gasteiger charge is -2.20. The average Bonchev–Trinajstić information content (AvgIpc) is 3.02. The van der Waals surface area contributed by atoms with E-state index in [0.717, 1.165) is 12.5 Å². The Balaban J connectivity index is 0.00000242. The van der Waals surface area contributed by atoms with Gasteiger partial charge >= 0.3 is 0 Å².